The summed E-state index contributed by atoms with van der Waals surface area (Å²) < 4.78 is 0. The zero-order valence-corrected chi connectivity index (χ0v) is 20.3. The van der Waals surface area contributed by atoms with E-state index in [0.717, 1.165) is 45.6 Å². The van der Waals surface area contributed by atoms with Crippen LogP contribution in [0.2, 0.25) is 0 Å². The van der Waals surface area contributed by atoms with E-state index in [1.165, 1.54) is 0 Å². The Hall–Kier alpha value is -4.55. The summed E-state index contributed by atoms with van der Waals surface area (Å²) in [6.45, 7) is 0.812. The van der Waals surface area contributed by atoms with Crippen molar-refractivity contribution in [1.82, 2.24) is 14.9 Å². The lowest BCUT2D eigenvalue weighted by atomic mass is 10.1. The van der Waals surface area contributed by atoms with Gasteiger partial charge in [0, 0.05) is 34.4 Å². The molecule has 1 amide bonds. The van der Waals surface area contributed by atoms with E-state index in [1.807, 2.05) is 105 Å². The Balaban J connectivity index is 1.34. The van der Waals surface area contributed by atoms with Crippen LogP contribution in [0.1, 0.15) is 15.9 Å². The van der Waals surface area contributed by atoms with Gasteiger partial charge in [-0.05, 0) is 62.1 Å². The molecule has 5 aromatic rings. The molecule has 36 heavy (non-hydrogen) atoms. The van der Waals surface area contributed by atoms with Gasteiger partial charge >= 0.3 is 0 Å². The van der Waals surface area contributed by atoms with Gasteiger partial charge in [-0.25, -0.2) is 9.97 Å². The Morgan fingerprint density at radius 1 is 0.778 bits per heavy atom. The summed E-state index contributed by atoms with van der Waals surface area (Å²) in [6.07, 6.45) is 0. The SMILES string of the molecule is CN(C)Cc1cccc(NC(=O)c2ccc(Nc3nc(-c4ccccc4)c4ccccc4n3)cc2)c1. The molecule has 0 aliphatic heterocycles. The second kappa shape index (κ2) is 10.4. The minimum atomic E-state index is -0.156. The molecule has 0 bridgehead atoms. The van der Waals surface area contributed by atoms with Crippen LogP contribution in [0.5, 0.6) is 0 Å². The Morgan fingerprint density at radius 3 is 2.31 bits per heavy atom. The maximum atomic E-state index is 12.8. The number of hydrogen-bond acceptors (Lipinski definition) is 5. The number of nitrogens with zero attached hydrogens (tertiary/aromatic N) is 3. The maximum Gasteiger partial charge on any atom is 0.255 e. The first-order valence-corrected chi connectivity index (χ1v) is 11.8. The Kier molecular flexibility index (Phi) is 6.69. The fraction of sp³-hybridized carbons (Fsp3) is 0.100. The average molecular weight is 474 g/mol. The smallest absolute Gasteiger partial charge is 0.255 e. The van der Waals surface area contributed by atoms with Gasteiger partial charge < -0.3 is 15.5 Å². The minimum Gasteiger partial charge on any atom is -0.324 e. The fourth-order valence-corrected chi connectivity index (χ4v) is 4.10. The molecule has 0 aliphatic carbocycles. The molecule has 1 heterocycles. The molecule has 0 spiro atoms. The maximum absolute atomic E-state index is 12.8. The molecule has 0 fully saturated rings. The molecule has 1 aromatic heterocycles. The molecule has 5 rings (SSSR count). The number of aromatic nitrogens is 2. The van der Waals surface area contributed by atoms with Crippen LogP contribution in [-0.4, -0.2) is 34.9 Å². The highest BCUT2D eigenvalue weighted by Crippen LogP contribution is 2.28. The van der Waals surface area contributed by atoms with E-state index < -0.39 is 0 Å². The first kappa shape index (κ1) is 23.2. The van der Waals surface area contributed by atoms with Gasteiger partial charge in [-0.15, -0.1) is 0 Å². The lowest BCUT2D eigenvalue weighted by Gasteiger charge is -2.12. The monoisotopic (exact) mass is 473 g/mol. The van der Waals surface area contributed by atoms with E-state index in [1.54, 1.807) is 12.1 Å². The summed E-state index contributed by atoms with van der Waals surface area (Å²) in [5.74, 6) is 0.347. The van der Waals surface area contributed by atoms with Gasteiger partial charge in [0.2, 0.25) is 5.95 Å². The largest absolute Gasteiger partial charge is 0.324 e. The predicted octanol–water partition coefficient (Wildman–Crippen LogP) is 6.35. The molecule has 2 N–H and O–H groups in total. The summed E-state index contributed by atoms with van der Waals surface area (Å²) >= 11 is 0. The van der Waals surface area contributed by atoms with Crippen LogP contribution >= 0.6 is 0 Å². The molecular weight excluding hydrogens is 446 g/mol. The third-order valence-electron chi connectivity index (χ3n) is 5.74. The van der Waals surface area contributed by atoms with Gasteiger partial charge in [0.15, 0.2) is 0 Å². The van der Waals surface area contributed by atoms with Gasteiger partial charge in [0.25, 0.3) is 5.91 Å². The Bertz CT molecular complexity index is 1500. The molecule has 178 valence electrons. The number of fused-ring (bicyclic) bond motifs is 1. The van der Waals surface area contributed by atoms with Gasteiger partial charge in [0.1, 0.15) is 0 Å². The third kappa shape index (κ3) is 5.40. The number of carbonyl (C=O) groups is 1. The van der Waals surface area contributed by atoms with E-state index in [2.05, 4.69) is 15.5 Å². The summed E-state index contributed by atoms with van der Waals surface area (Å²) in [5, 5.41) is 7.27. The summed E-state index contributed by atoms with van der Waals surface area (Å²) in [7, 11) is 4.04. The average Bonchev–Trinajstić information content (AvgIpc) is 2.89. The van der Waals surface area contributed by atoms with Crippen molar-refractivity contribution >= 4 is 34.1 Å². The van der Waals surface area contributed by atoms with Crippen LogP contribution in [0.3, 0.4) is 0 Å². The number of anilines is 3. The number of nitrogens with one attached hydrogen (secondary N) is 2. The standard InChI is InChI=1S/C30H27N5O/c1-35(2)20-21-9-8-12-25(19-21)31-29(36)23-15-17-24(18-16-23)32-30-33-27-14-7-6-13-26(27)28(34-30)22-10-4-3-5-11-22/h3-19H,20H2,1-2H3,(H,31,36)(H,32,33,34). The van der Waals surface area contributed by atoms with Crippen molar-refractivity contribution in [3.8, 4) is 11.3 Å². The van der Waals surface area contributed by atoms with E-state index in [4.69, 9.17) is 9.97 Å². The highest BCUT2D eigenvalue weighted by molar-refractivity contribution is 6.04. The lowest BCUT2D eigenvalue weighted by Crippen LogP contribution is -2.13. The first-order chi connectivity index (χ1) is 17.5. The molecule has 0 atom stereocenters. The molecule has 0 aliphatic rings. The second-order valence-electron chi connectivity index (χ2n) is 8.87. The minimum absolute atomic E-state index is 0.156. The molecule has 4 aromatic carbocycles. The van der Waals surface area contributed by atoms with Crippen molar-refractivity contribution in [3.63, 3.8) is 0 Å². The normalized spacial score (nSPS) is 11.0. The van der Waals surface area contributed by atoms with E-state index in [-0.39, 0.29) is 5.91 Å². The number of benzene rings is 4. The van der Waals surface area contributed by atoms with E-state index in [0.29, 0.717) is 11.5 Å². The zero-order chi connectivity index (χ0) is 24.9. The Labute approximate surface area is 210 Å². The topological polar surface area (TPSA) is 70.2 Å². The summed E-state index contributed by atoms with van der Waals surface area (Å²) in [5.41, 5.74) is 6.05. The van der Waals surface area contributed by atoms with E-state index in [9.17, 15) is 4.79 Å². The quantitative estimate of drug-likeness (QED) is 0.288. The number of carbonyl (C=O) groups excluding carboxylic acids is 1. The predicted molar refractivity (Wildman–Crippen MR) is 146 cm³/mol. The molecule has 0 radical (unpaired) electrons. The molecule has 0 saturated carbocycles. The fourth-order valence-electron chi connectivity index (χ4n) is 4.10. The van der Waals surface area contributed by atoms with E-state index >= 15 is 0 Å². The molecule has 0 saturated heterocycles. The summed E-state index contributed by atoms with van der Waals surface area (Å²) in [4.78, 5) is 24.4. The van der Waals surface area contributed by atoms with Gasteiger partial charge in [0.05, 0.1) is 11.2 Å². The van der Waals surface area contributed by atoms with Crippen molar-refractivity contribution in [1.29, 1.82) is 0 Å². The van der Waals surface area contributed by atoms with Gasteiger partial charge in [-0.1, -0.05) is 60.7 Å². The van der Waals surface area contributed by atoms with Crippen molar-refractivity contribution in [3.05, 3.63) is 114 Å². The van der Waals surface area contributed by atoms with Crippen LogP contribution in [0.15, 0.2) is 103 Å². The van der Waals surface area contributed by atoms with Crippen LogP contribution in [0, 0.1) is 0 Å². The van der Waals surface area contributed by atoms with Crippen molar-refractivity contribution in [2.45, 2.75) is 6.54 Å². The van der Waals surface area contributed by atoms with Crippen molar-refractivity contribution < 1.29 is 4.79 Å². The zero-order valence-electron chi connectivity index (χ0n) is 20.3. The van der Waals surface area contributed by atoms with Gasteiger partial charge in [-0.2, -0.15) is 0 Å². The molecule has 6 heteroatoms. The number of para-hydroxylation sites is 1. The Morgan fingerprint density at radius 2 is 1.53 bits per heavy atom. The lowest BCUT2D eigenvalue weighted by molar-refractivity contribution is 0.102. The molecule has 0 unspecified atom stereocenters. The van der Waals surface area contributed by atoms with Crippen LogP contribution in [-0.2, 0) is 6.54 Å². The third-order valence-corrected chi connectivity index (χ3v) is 5.74. The summed E-state index contributed by atoms with van der Waals surface area (Å²) in [6, 6.07) is 33.3. The number of hydrogen-bond donors (Lipinski definition) is 2. The van der Waals surface area contributed by atoms with Crippen LogP contribution in [0.4, 0.5) is 17.3 Å². The number of rotatable bonds is 7. The van der Waals surface area contributed by atoms with Crippen molar-refractivity contribution in [2.24, 2.45) is 0 Å². The van der Waals surface area contributed by atoms with Gasteiger partial charge in [-0.3, -0.25) is 4.79 Å². The van der Waals surface area contributed by atoms with Crippen LogP contribution in [0.25, 0.3) is 22.2 Å². The highest BCUT2D eigenvalue weighted by Gasteiger charge is 2.11. The molecule has 6 nitrogen and oxygen atoms in total. The number of amides is 1. The highest BCUT2D eigenvalue weighted by atomic mass is 16.1. The van der Waals surface area contributed by atoms with Crippen molar-refractivity contribution in [2.75, 3.05) is 24.7 Å². The van der Waals surface area contributed by atoms with Crippen LogP contribution < -0.4 is 10.6 Å². The molecular formula is C30H27N5O. The first-order valence-electron chi connectivity index (χ1n) is 11.8. The second-order valence-corrected chi connectivity index (χ2v) is 8.87.